The van der Waals surface area contributed by atoms with Gasteiger partial charge in [0.05, 0.1) is 12.6 Å². The Labute approximate surface area is 179 Å². The Balaban J connectivity index is 1.35. The molecule has 0 radical (unpaired) electrons. The van der Waals surface area contributed by atoms with Crippen LogP contribution in [0.5, 0.6) is 0 Å². The topological polar surface area (TPSA) is 73.3 Å². The van der Waals surface area contributed by atoms with Gasteiger partial charge < -0.3 is 24.8 Å². The molecule has 0 saturated carbocycles. The zero-order valence-corrected chi connectivity index (χ0v) is 18.6. The summed E-state index contributed by atoms with van der Waals surface area (Å²) in [5, 5.41) is 3.54. The standard InChI is InChI=1S/C22H34N6O2/c1-16-7-8-17(19(25-16)26-9-5-6-10-26)13-23-20-24-14-18-15-27(11-12-28(18)20)21(29)30-22(2,3)4/h7-8,18H,5-6,9-15H2,1-4H3,(H,23,24). The third-order valence-electron chi connectivity index (χ3n) is 5.80. The van der Waals surface area contributed by atoms with Crippen molar-refractivity contribution < 1.29 is 9.53 Å². The number of amides is 1. The van der Waals surface area contributed by atoms with Crippen LogP contribution in [0.25, 0.3) is 0 Å². The molecule has 4 heterocycles. The molecule has 8 nitrogen and oxygen atoms in total. The predicted molar refractivity (Wildman–Crippen MR) is 118 cm³/mol. The summed E-state index contributed by atoms with van der Waals surface area (Å²) >= 11 is 0. The maximum Gasteiger partial charge on any atom is 0.410 e. The van der Waals surface area contributed by atoms with Crippen molar-refractivity contribution in [2.45, 2.75) is 58.7 Å². The zero-order valence-electron chi connectivity index (χ0n) is 18.6. The molecule has 1 amide bonds. The summed E-state index contributed by atoms with van der Waals surface area (Å²) in [7, 11) is 0. The van der Waals surface area contributed by atoms with E-state index in [1.165, 1.54) is 18.4 Å². The van der Waals surface area contributed by atoms with Gasteiger partial charge in [-0.3, -0.25) is 4.99 Å². The average Bonchev–Trinajstić information content (AvgIpc) is 3.35. The first-order valence-electron chi connectivity index (χ1n) is 11.0. The predicted octanol–water partition coefficient (Wildman–Crippen LogP) is 2.37. The lowest BCUT2D eigenvalue weighted by Gasteiger charge is -2.39. The zero-order chi connectivity index (χ0) is 21.3. The van der Waals surface area contributed by atoms with Crippen LogP contribution in [0, 0.1) is 6.92 Å². The van der Waals surface area contributed by atoms with Crippen LogP contribution in [0.15, 0.2) is 17.1 Å². The minimum absolute atomic E-state index is 0.211. The van der Waals surface area contributed by atoms with E-state index in [-0.39, 0.29) is 12.1 Å². The molecule has 2 fully saturated rings. The Morgan fingerprint density at radius 1 is 1.20 bits per heavy atom. The van der Waals surface area contributed by atoms with E-state index in [2.05, 4.69) is 27.2 Å². The fourth-order valence-corrected chi connectivity index (χ4v) is 4.31. The molecule has 3 aliphatic rings. The van der Waals surface area contributed by atoms with E-state index in [0.717, 1.165) is 37.1 Å². The van der Waals surface area contributed by atoms with Crippen LogP contribution in [0.1, 0.15) is 44.9 Å². The van der Waals surface area contributed by atoms with Crippen molar-refractivity contribution in [2.24, 2.45) is 4.99 Å². The number of nitrogens with one attached hydrogen (secondary N) is 1. The number of piperazine rings is 1. The molecule has 4 rings (SSSR count). The Bertz CT molecular complexity index is 812. The number of anilines is 1. The monoisotopic (exact) mass is 414 g/mol. The van der Waals surface area contributed by atoms with E-state index in [4.69, 9.17) is 14.7 Å². The first kappa shape index (κ1) is 20.8. The summed E-state index contributed by atoms with van der Waals surface area (Å²) in [5.41, 5.74) is 1.79. The molecule has 164 valence electrons. The number of ether oxygens (including phenoxy) is 1. The Morgan fingerprint density at radius 3 is 2.70 bits per heavy atom. The van der Waals surface area contributed by atoms with Gasteiger partial charge in [-0.05, 0) is 46.6 Å². The maximum atomic E-state index is 12.4. The van der Waals surface area contributed by atoms with E-state index in [0.29, 0.717) is 26.2 Å². The van der Waals surface area contributed by atoms with Crippen LogP contribution < -0.4 is 10.2 Å². The van der Waals surface area contributed by atoms with Gasteiger partial charge in [0, 0.05) is 50.5 Å². The van der Waals surface area contributed by atoms with Crippen molar-refractivity contribution in [2.75, 3.05) is 44.2 Å². The summed E-state index contributed by atoms with van der Waals surface area (Å²) < 4.78 is 5.53. The Hall–Kier alpha value is -2.51. The van der Waals surface area contributed by atoms with Gasteiger partial charge in [-0.2, -0.15) is 0 Å². The van der Waals surface area contributed by atoms with E-state index < -0.39 is 5.60 Å². The van der Waals surface area contributed by atoms with Gasteiger partial charge in [0.15, 0.2) is 5.96 Å². The lowest BCUT2D eigenvalue weighted by Crippen LogP contribution is -2.57. The van der Waals surface area contributed by atoms with Crippen LogP contribution in [-0.2, 0) is 11.3 Å². The Kier molecular flexibility index (Phi) is 5.75. The summed E-state index contributed by atoms with van der Waals surface area (Å²) in [6.07, 6.45) is 2.24. The smallest absolute Gasteiger partial charge is 0.410 e. The van der Waals surface area contributed by atoms with E-state index in [9.17, 15) is 4.79 Å². The minimum atomic E-state index is -0.470. The van der Waals surface area contributed by atoms with Crippen LogP contribution >= 0.6 is 0 Å². The van der Waals surface area contributed by atoms with Crippen molar-refractivity contribution in [3.05, 3.63) is 23.4 Å². The van der Waals surface area contributed by atoms with Crippen molar-refractivity contribution in [3.63, 3.8) is 0 Å². The van der Waals surface area contributed by atoms with E-state index in [1.54, 1.807) is 4.90 Å². The van der Waals surface area contributed by atoms with Crippen molar-refractivity contribution >= 4 is 17.9 Å². The normalized spacial score (nSPS) is 21.5. The van der Waals surface area contributed by atoms with Gasteiger partial charge in [-0.25, -0.2) is 9.78 Å². The van der Waals surface area contributed by atoms with Gasteiger partial charge in [0.2, 0.25) is 0 Å². The molecule has 1 aromatic rings. The molecule has 1 aromatic heterocycles. The third-order valence-corrected chi connectivity index (χ3v) is 5.80. The minimum Gasteiger partial charge on any atom is -0.444 e. The van der Waals surface area contributed by atoms with Gasteiger partial charge >= 0.3 is 6.09 Å². The summed E-state index contributed by atoms with van der Waals surface area (Å²) in [4.78, 5) is 28.4. The molecule has 1 atom stereocenters. The van der Waals surface area contributed by atoms with Gasteiger partial charge in [0.25, 0.3) is 0 Å². The Morgan fingerprint density at radius 2 is 1.97 bits per heavy atom. The van der Waals surface area contributed by atoms with Crippen LogP contribution in [0.3, 0.4) is 0 Å². The number of aliphatic imine (C=N–C) groups is 1. The number of guanidine groups is 1. The number of hydrogen-bond donors (Lipinski definition) is 1. The third kappa shape index (κ3) is 4.63. The molecule has 0 aromatic carbocycles. The lowest BCUT2D eigenvalue weighted by molar-refractivity contribution is 0.0137. The SMILES string of the molecule is Cc1ccc(CNC2=NCC3CN(C(=O)OC(C)(C)C)CCN23)c(N2CCCC2)n1. The van der Waals surface area contributed by atoms with E-state index in [1.807, 2.05) is 27.7 Å². The molecule has 0 aliphatic carbocycles. The number of carbonyl (C=O) groups is 1. The number of carbonyl (C=O) groups excluding carboxylic acids is 1. The second kappa shape index (κ2) is 8.32. The largest absolute Gasteiger partial charge is 0.444 e. The molecule has 1 N–H and O–H groups in total. The number of aromatic nitrogens is 1. The van der Waals surface area contributed by atoms with Crippen LogP contribution in [-0.4, -0.2) is 77.7 Å². The molecular weight excluding hydrogens is 380 g/mol. The number of fused-ring (bicyclic) bond motifs is 1. The van der Waals surface area contributed by atoms with Crippen molar-refractivity contribution in [3.8, 4) is 0 Å². The highest BCUT2D eigenvalue weighted by Gasteiger charge is 2.36. The average molecular weight is 415 g/mol. The molecular formula is C22H34N6O2. The molecule has 0 spiro atoms. The van der Waals surface area contributed by atoms with E-state index >= 15 is 0 Å². The fraction of sp³-hybridized carbons (Fsp3) is 0.682. The van der Waals surface area contributed by atoms with Gasteiger partial charge in [-0.1, -0.05) is 6.07 Å². The molecule has 30 heavy (non-hydrogen) atoms. The highest BCUT2D eigenvalue weighted by atomic mass is 16.6. The van der Waals surface area contributed by atoms with Crippen LogP contribution in [0.2, 0.25) is 0 Å². The summed E-state index contributed by atoms with van der Waals surface area (Å²) in [5.74, 6) is 2.03. The van der Waals surface area contributed by atoms with Crippen LogP contribution in [0.4, 0.5) is 10.6 Å². The van der Waals surface area contributed by atoms with Gasteiger partial charge in [-0.15, -0.1) is 0 Å². The highest BCUT2D eigenvalue weighted by Crippen LogP contribution is 2.24. The summed E-state index contributed by atoms with van der Waals surface area (Å²) in [6, 6.07) is 4.47. The quantitative estimate of drug-likeness (QED) is 0.819. The molecule has 3 aliphatic heterocycles. The number of hydrogen-bond acceptors (Lipinski definition) is 7. The second-order valence-corrected chi connectivity index (χ2v) is 9.42. The lowest BCUT2D eigenvalue weighted by atomic mass is 10.2. The van der Waals surface area contributed by atoms with Crippen molar-refractivity contribution in [1.82, 2.24) is 20.1 Å². The number of rotatable bonds is 3. The first-order chi connectivity index (χ1) is 14.3. The first-order valence-corrected chi connectivity index (χ1v) is 11.0. The molecule has 2 saturated heterocycles. The number of nitrogens with zero attached hydrogens (tertiary/aromatic N) is 5. The van der Waals surface area contributed by atoms with Gasteiger partial charge in [0.1, 0.15) is 11.4 Å². The number of pyridine rings is 1. The molecule has 8 heteroatoms. The fourth-order valence-electron chi connectivity index (χ4n) is 4.31. The number of aryl methyl sites for hydroxylation is 1. The highest BCUT2D eigenvalue weighted by molar-refractivity contribution is 5.82. The molecule has 1 unspecified atom stereocenters. The molecule has 0 bridgehead atoms. The summed E-state index contributed by atoms with van der Waals surface area (Å²) in [6.45, 7) is 13.4. The maximum absolute atomic E-state index is 12.4. The second-order valence-electron chi connectivity index (χ2n) is 9.42. The van der Waals surface area contributed by atoms with Crippen molar-refractivity contribution in [1.29, 1.82) is 0 Å².